The van der Waals surface area contributed by atoms with Crippen LogP contribution < -0.4 is 33.2 Å². The first-order valence-electron chi connectivity index (χ1n) is 11.7. The molecule has 0 aliphatic carbocycles. The van der Waals surface area contributed by atoms with Gasteiger partial charge in [0.25, 0.3) is 0 Å². The zero-order chi connectivity index (χ0) is 28.1. The Bertz CT molecular complexity index is 940. The van der Waals surface area contributed by atoms with Gasteiger partial charge in [-0.1, -0.05) is 12.1 Å². The Morgan fingerprint density at radius 3 is 2.00 bits per heavy atom. The summed E-state index contributed by atoms with van der Waals surface area (Å²) in [5.41, 5.74) is 17.4. The largest absolute Gasteiger partial charge is 0.508 e. The molecule has 0 aliphatic rings. The van der Waals surface area contributed by atoms with Crippen LogP contribution in [0.2, 0.25) is 0 Å². The number of aliphatic hydroxyl groups excluding tert-OH is 1. The van der Waals surface area contributed by atoms with E-state index in [-0.39, 0.29) is 18.6 Å². The molecule has 0 spiro atoms. The average molecular weight is 525 g/mol. The van der Waals surface area contributed by atoms with Crippen molar-refractivity contribution < 1.29 is 39.3 Å². The second-order valence-corrected chi connectivity index (χ2v) is 8.62. The number of hydrogen-bond donors (Lipinski definition) is 9. The van der Waals surface area contributed by atoms with Crippen LogP contribution in [0.5, 0.6) is 5.75 Å². The number of carbonyl (C=O) groups excluding carboxylic acids is 4. The number of carbonyl (C=O) groups is 5. The molecule has 0 bridgehead atoms. The summed E-state index contributed by atoms with van der Waals surface area (Å²) in [7, 11) is 0. The van der Waals surface area contributed by atoms with Crippen LogP contribution >= 0.6 is 0 Å². The number of carboxylic acid groups (broad SMARTS) is 1. The molecular formula is C23H36N6O8. The number of aliphatic hydroxyl groups is 1. The number of hydrogen-bond acceptors (Lipinski definition) is 9. The molecule has 206 valence electrons. The molecule has 1 rings (SSSR count). The maximum absolute atomic E-state index is 13.0. The predicted octanol–water partition coefficient (Wildman–Crippen LogP) is -2.81. The van der Waals surface area contributed by atoms with Gasteiger partial charge in [-0.25, -0.2) is 4.79 Å². The summed E-state index contributed by atoms with van der Waals surface area (Å²) in [6.07, 6.45) is -0.891. The van der Waals surface area contributed by atoms with E-state index in [1.165, 1.54) is 12.1 Å². The number of amides is 4. The topological polar surface area (TPSA) is 260 Å². The first kappa shape index (κ1) is 31.3. The minimum absolute atomic E-state index is 0.0519. The van der Waals surface area contributed by atoms with Crippen LogP contribution in [-0.4, -0.2) is 81.7 Å². The number of rotatable bonds is 16. The number of phenolic OH excluding ortho intramolecular Hbond substituents is 1. The van der Waals surface area contributed by atoms with Gasteiger partial charge in [0.05, 0.1) is 18.6 Å². The molecule has 5 atom stereocenters. The third kappa shape index (κ3) is 11.2. The van der Waals surface area contributed by atoms with E-state index in [9.17, 15) is 39.3 Å². The highest BCUT2D eigenvalue weighted by Gasteiger charge is 2.32. The van der Waals surface area contributed by atoms with Crippen molar-refractivity contribution in [1.29, 1.82) is 0 Å². The van der Waals surface area contributed by atoms with Gasteiger partial charge in [-0.2, -0.15) is 0 Å². The van der Waals surface area contributed by atoms with Crippen LogP contribution in [0.15, 0.2) is 24.3 Å². The van der Waals surface area contributed by atoms with E-state index in [0.717, 1.165) is 6.92 Å². The molecule has 0 aromatic heterocycles. The fourth-order valence-electron chi connectivity index (χ4n) is 3.34. The van der Waals surface area contributed by atoms with Gasteiger partial charge in [-0.15, -0.1) is 0 Å². The normalized spacial score (nSPS) is 14.9. The highest BCUT2D eigenvalue weighted by Crippen LogP contribution is 2.11. The molecule has 0 radical (unpaired) electrons. The molecule has 0 aliphatic heterocycles. The number of nitrogens with one attached hydrogen (secondary N) is 3. The van der Waals surface area contributed by atoms with Crippen molar-refractivity contribution >= 4 is 29.6 Å². The van der Waals surface area contributed by atoms with Crippen molar-refractivity contribution in [1.82, 2.24) is 16.0 Å². The maximum atomic E-state index is 13.0. The number of aliphatic carboxylic acids is 1. The van der Waals surface area contributed by atoms with Crippen LogP contribution in [-0.2, 0) is 30.4 Å². The SMILES string of the molecule is CC(O)C(NC(=O)C(CC(N)=O)NC(=O)C(CCCCN)NC(=O)C(N)Cc1ccc(O)cc1)C(=O)O. The average Bonchev–Trinajstić information content (AvgIpc) is 2.81. The van der Waals surface area contributed by atoms with Crippen molar-refractivity contribution in [3.8, 4) is 5.75 Å². The zero-order valence-corrected chi connectivity index (χ0v) is 20.6. The zero-order valence-electron chi connectivity index (χ0n) is 20.6. The summed E-state index contributed by atoms with van der Waals surface area (Å²) >= 11 is 0. The van der Waals surface area contributed by atoms with Crippen molar-refractivity contribution in [3.63, 3.8) is 0 Å². The van der Waals surface area contributed by atoms with Crippen LogP contribution in [0.25, 0.3) is 0 Å². The van der Waals surface area contributed by atoms with E-state index in [1.807, 2.05) is 0 Å². The predicted molar refractivity (Wildman–Crippen MR) is 132 cm³/mol. The van der Waals surface area contributed by atoms with Crippen LogP contribution in [0.4, 0.5) is 0 Å². The molecule has 0 saturated heterocycles. The summed E-state index contributed by atoms with van der Waals surface area (Å²) in [6, 6.07) is 0.625. The standard InChI is InChI=1S/C23H36N6O8/c1-12(30)19(23(36)37)29-22(35)17(11-18(26)32)28-21(34)16(4-2-3-9-24)27-20(33)15(25)10-13-5-7-14(31)8-6-13/h5-8,12,15-17,19,30-31H,2-4,9-11,24-25H2,1H3,(H2,26,32)(H,27,33)(H,28,34)(H,29,35)(H,36,37). The smallest absolute Gasteiger partial charge is 0.328 e. The van der Waals surface area contributed by atoms with E-state index < -0.39 is 66.3 Å². The van der Waals surface area contributed by atoms with Crippen molar-refractivity contribution in [2.24, 2.45) is 17.2 Å². The number of benzene rings is 1. The number of nitrogens with two attached hydrogens (primary N) is 3. The third-order valence-electron chi connectivity index (χ3n) is 5.39. The van der Waals surface area contributed by atoms with Gasteiger partial charge in [0.2, 0.25) is 23.6 Å². The van der Waals surface area contributed by atoms with E-state index in [4.69, 9.17) is 17.2 Å². The Labute approximate surface area is 213 Å². The highest BCUT2D eigenvalue weighted by molar-refractivity contribution is 5.96. The maximum Gasteiger partial charge on any atom is 0.328 e. The molecule has 14 nitrogen and oxygen atoms in total. The lowest BCUT2D eigenvalue weighted by atomic mass is 10.0. The Morgan fingerprint density at radius 2 is 1.49 bits per heavy atom. The lowest BCUT2D eigenvalue weighted by Crippen LogP contribution is -2.59. The molecule has 37 heavy (non-hydrogen) atoms. The minimum Gasteiger partial charge on any atom is -0.508 e. The lowest BCUT2D eigenvalue weighted by molar-refractivity contribution is -0.145. The molecule has 0 fully saturated rings. The summed E-state index contributed by atoms with van der Waals surface area (Å²) in [5.74, 6) is -4.97. The number of carboxylic acids is 1. The van der Waals surface area contributed by atoms with Crippen LogP contribution in [0, 0.1) is 0 Å². The Balaban J connectivity index is 2.98. The van der Waals surface area contributed by atoms with Crippen molar-refractivity contribution in [2.75, 3.05) is 6.54 Å². The lowest BCUT2D eigenvalue weighted by Gasteiger charge is -2.25. The number of phenols is 1. The second-order valence-electron chi connectivity index (χ2n) is 8.62. The summed E-state index contributed by atoms with van der Waals surface area (Å²) in [6.45, 7) is 1.48. The van der Waals surface area contributed by atoms with Gasteiger partial charge in [-0.3, -0.25) is 19.2 Å². The third-order valence-corrected chi connectivity index (χ3v) is 5.39. The van der Waals surface area contributed by atoms with Gasteiger partial charge >= 0.3 is 5.97 Å². The van der Waals surface area contributed by atoms with Gasteiger partial charge < -0.3 is 48.5 Å². The molecule has 14 heteroatoms. The number of primary amides is 1. The van der Waals surface area contributed by atoms with Gasteiger partial charge in [0.1, 0.15) is 17.8 Å². The molecule has 0 heterocycles. The van der Waals surface area contributed by atoms with Crippen LogP contribution in [0.1, 0.15) is 38.2 Å². The van der Waals surface area contributed by atoms with E-state index in [0.29, 0.717) is 24.9 Å². The van der Waals surface area contributed by atoms with Crippen LogP contribution in [0.3, 0.4) is 0 Å². The Hall–Kier alpha value is -3.75. The van der Waals surface area contributed by atoms with Gasteiger partial charge in [0, 0.05) is 0 Å². The highest BCUT2D eigenvalue weighted by atomic mass is 16.4. The van der Waals surface area contributed by atoms with E-state index in [2.05, 4.69) is 16.0 Å². The molecule has 5 unspecified atom stereocenters. The first-order valence-corrected chi connectivity index (χ1v) is 11.7. The molecule has 12 N–H and O–H groups in total. The number of unbranched alkanes of at least 4 members (excludes halogenated alkanes) is 1. The quantitative estimate of drug-likeness (QED) is 0.100. The summed E-state index contributed by atoms with van der Waals surface area (Å²) in [5, 5.41) is 35.1. The molecular weight excluding hydrogens is 488 g/mol. The molecule has 1 aromatic carbocycles. The molecule has 1 aromatic rings. The van der Waals surface area contributed by atoms with E-state index >= 15 is 0 Å². The fraction of sp³-hybridized carbons (Fsp3) is 0.522. The first-order chi connectivity index (χ1) is 17.3. The van der Waals surface area contributed by atoms with E-state index in [1.54, 1.807) is 12.1 Å². The van der Waals surface area contributed by atoms with Gasteiger partial charge in [0.15, 0.2) is 6.04 Å². The van der Waals surface area contributed by atoms with Crippen molar-refractivity contribution in [2.45, 2.75) is 69.3 Å². The Kier molecular flexibility index (Phi) is 13.0. The monoisotopic (exact) mass is 524 g/mol. The van der Waals surface area contributed by atoms with Gasteiger partial charge in [-0.05, 0) is 56.8 Å². The molecule has 0 saturated carbocycles. The summed E-state index contributed by atoms with van der Waals surface area (Å²) < 4.78 is 0. The number of aromatic hydroxyl groups is 1. The van der Waals surface area contributed by atoms with Crippen molar-refractivity contribution in [3.05, 3.63) is 29.8 Å². The molecule has 4 amide bonds. The summed E-state index contributed by atoms with van der Waals surface area (Å²) in [4.78, 5) is 61.2. The Morgan fingerprint density at radius 1 is 0.919 bits per heavy atom. The minimum atomic E-state index is -1.70. The fourth-order valence-corrected chi connectivity index (χ4v) is 3.34. The second kappa shape index (κ2) is 15.4.